The van der Waals surface area contributed by atoms with E-state index < -0.39 is 5.51 Å². The van der Waals surface area contributed by atoms with Crippen LogP contribution in [-0.4, -0.2) is 17.6 Å². The molecule has 0 atom stereocenters. The van der Waals surface area contributed by atoms with Gasteiger partial charge >= 0.3 is 5.51 Å². The average Bonchev–Trinajstić information content (AvgIpc) is 2.01. The van der Waals surface area contributed by atoms with Gasteiger partial charge in [-0.2, -0.15) is 13.2 Å². The fourth-order valence-electron chi connectivity index (χ4n) is 0.647. The summed E-state index contributed by atoms with van der Waals surface area (Å²) in [7, 11) is 1.36. The van der Waals surface area contributed by atoms with Gasteiger partial charge in [0.25, 0.3) is 0 Å². The van der Waals surface area contributed by atoms with Gasteiger partial charge < -0.3 is 4.74 Å². The van der Waals surface area contributed by atoms with Gasteiger partial charge in [-0.1, -0.05) is 0 Å². The Kier molecular flexibility index (Phi) is 3.02. The highest BCUT2D eigenvalue weighted by Gasteiger charge is 2.29. The highest BCUT2D eigenvalue weighted by atomic mass is 32.2. The number of hydrogen-bond acceptors (Lipinski definition) is 3. The molecule has 0 amide bonds. The van der Waals surface area contributed by atoms with E-state index in [2.05, 4.69) is 11.2 Å². The van der Waals surface area contributed by atoms with Gasteiger partial charge in [0.1, 0.15) is 11.9 Å². The standard InChI is InChI=1S/C7H5F3NOS/c1-12-5-2-6(4-11-3-5)13-7(8,9)10/h2-3H,1H3. The highest BCUT2D eigenvalue weighted by Crippen LogP contribution is 2.37. The number of methoxy groups -OCH3 is 1. The fraction of sp³-hybridized carbons (Fsp3) is 0.286. The van der Waals surface area contributed by atoms with Crippen LogP contribution in [0, 0.1) is 6.20 Å². The van der Waals surface area contributed by atoms with Gasteiger partial charge in [0, 0.05) is 4.90 Å². The van der Waals surface area contributed by atoms with Crippen LogP contribution >= 0.6 is 11.8 Å². The Hall–Kier alpha value is -0.910. The molecule has 1 aromatic heterocycles. The van der Waals surface area contributed by atoms with Crippen molar-refractivity contribution in [3.63, 3.8) is 0 Å². The summed E-state index contributed by atoms with van der Waals surface area (Å²) in [6.07, 6.45) is 3.50. The van der Waals surface area contributed by atoms with Crippen LogP contribution in [-0.2, 0) is 0 Å². The minimum atomic E-state index is -4.31. The lowest BCUT2D eigenvalue weighted by Crippen LogP contribution is -1.99. The van der Waals surface area contributed by atoms with E-state index in [1.165, 1.54) is 19.4 Å². The third-order valence-electron chi connectivity index (χ3n) is 1.10. The second-order valence-corrected chi connectivity index (χ2v) is 3.14. The van der Waals surface area contributed by atoms with E-state index in [0.29, 0.717) is 0 Å². The Morgan fingerprint density at radius 3 is 2.77 bits per heavy atom. The molecule has 0 saturated heterocycles. The van der Waals surface area contributed by atoms with Gasteiger partial charge in [-0.25, -0.2) is 4.98 Å². The molecule has 1 rings (SSSR count). The summed E-state index contributed by atoms with van der Waals surface area (Å²) < 4.78 is 40.3. The predicted molar refractivity (Wildman–Crippen MR) is 41.5 cm³/mol. The fourth-order valence-corrected chi connectivity index (χ4v) is 1.17. The molecular weight excluding hydrogens is 203 g/mol. The van der Waals surface area contributed by atoms with Crippen LogP contribution in [0.4, 0.5) is 13.2 Å². The molecule has 0 aliphatic carbocycles. The van der Waals surface area contributed by atoms with Crippen molar-refractivity contribution >= 4 is 11.8 Å². The number of pyridine rings is 1. The van der Waals surface area contributed by atoms with Gasteiger partial charge in [0.05, 0.1) is 13.3 Å². The van der Waals surface area contributed by atoms with Gasteiger partial charge in [0.2, 0.25) is 0 Å². The Morgan fingerprint density at radius 2 is 2.23 bits per heavy atom. The number of rotatable bonds is 2. The van der Waals surface area contributed by atoms with E-state index >= 15 is 0 Å². The maximum atomic E-state index is 11.9. The lowest BCUT2D eigenvalue weighted by molar-refractivity contribution is -0.0328. The topological polar surface area (TPSA) is 22.1 Å². The van der Waals surface area contributed by atoms with Crippen molar-refractivity contribution < 1.29 is 17.9 Å². The summed E-state index contributed by atoms with van der Waals surface area (Å²) in [6.45, 7) is 0. The molecule has 13 heavy (non-hydrogen) atoms. The summed E-state index contributed by atoms with van der Waals surface area (Å²) in [6, 6.07) is 1.23. The smallest absolute Gasteiger partial charge is 0.446 e. The minimum absolute atomic E-state index is 0.105. The third kappa shape index (κ3) is 3.54. The molecule has 0 saturated carbocycles. The number of halogens is 3. The molecule has 1 radical (unpaired) electrons. The van der Waals surface area contributed by atoms with Crippen molar-refractivity contribution in [1.82, 2.24) is 4.98 Å². The third-order valence-corrected chi connectivity index (χ3v) is 1.76. The first-order valence-corrected chi connectivity index (χ1v) is 4.00. The molecule has 0 aliphatic heterocycles. The van der Waals surface area contributed by atoms with Crippen LogP contribution < -0.4 is 4.74 Å². The summed E-state index contributed by atoms with van der Waals surface area (Å²) in [5.41, 5.74) is -4.31. The first kappa shape index (κ1) is 10.2. The van der Waals surface area contributed by atoms with Crippen molar-refractivity contribution in [2.24, 2.45) is 0 Å². The van der Waals surface area contributed by atoms with Gasteiger partial charge in [-0.15, -0.1) is 0 Å². The second kappa shape index (κ2) is 3.87. The van der Waals surface area contributed by atoms with E-state index in [9.17, 15) is 13.2 Å². The number of ether oxygens (including phenoxy) is 1. The maximum Gasteiger partial charge on any atom is 0.446 e. The summed E-state index contributed by atoms with van der Waals surface area (Å²) in [5, 5.41) is 0. The molecular formula is C7H5F3NOS. The zero-order valence-electron chi connectivity index (χ0n) is 6.55. The molecule has 71 valence electrons. The molecule has 1 heterocycles. The summed E-state index contributed by atoms with van der Waals surface area (Å²) in [4.78, 5) is 3.36. The van der Waals surface area contributed by atoms with Crippen LogP contribution in [0.25, 0.3) is 0 Å². The second-order valence-electron chi connectivity index (χ2n) is 2.03. The summed E-state index contributed by atoms with van der Waals surface area (Å²) in [5.74, 6) is 0.283. The zero-order valence-corrected chi connectivity index (χ0v) is 7.37. The summed E-state index contributed by atoms with van der Waals surface area (Å²) >= 11 is -0.268. The maximum absolute atomic E-state index is 11.9. The first-order valence-electron chi connectivity index (χ1n) is 3.19. The molecule has 2 nitrogen and oxygen atoms in total. The lowest BCUT2D eigenvalue weighted by atomic mass is 10.5. The first-order chi connectivity index (χ1) is 6.01. The van der Waals surface area contributed by atoms with Crippen molar-refractivity contribution in [2.75, 3.05) is 7.11 Å². The highest BCUT2D eigenvalue weighted by molar-refractivity contribution is 8.00. The molecule has 0 unspecified atom stereocenters. The van der Waals surface area contributed by atoms with Crippen LogP contribution in [0.5, 0.6) is 5.75 Å². The van der Waals surface area contributed by atoms with Crippen molar-refractivity contribution in [2.45, 2.75) is 10.4 Å². The van der Waals surface area contributed by atoms with Crippen LogP contribution in [0.15, 0.2) is 17.2 Å². The molecule has 0 spiro atoms. The van der Waals surface area contributed by atoms with E-state index in [-0.39, 0.29) is 22.4 Å². The van der Waals surface area contributed by atoms with E-state index in [0.717, 1.165) is 0 Å². The predicted octanol–water partition coefficient (Wildman–Crippen LogP) is 2.50. The number of thioether (sulfide) groups is 1. The SMILES string of the molecule is COc1cn[c]c(SC(F)(F)F)c1. The largest absolute Gasteiger partial charge is 0.495 e. The molecule has 0 N–H and O–H groups in total. The van der Waals surface area contributed by atoms with Crippen molar-refractivity contribution in [3.8, 4) is 5.75 Å². The van der Waals surface area contributed by atoms with Crippen LogP contribution in [0.2, 0.25) is 0 Å². The monoisotopic (exact) mass is 208 g/mol. The number of aromatic nitrogens is 1. The molecule has 0 bridgehead atoms. The number of alkyl halides is 3. The van der Waals surface area contributed by atoms with Crippen LogP contribution in [0.1, 0.15) is 0 Å². The van der Waals surface area contributed by atoms with Gasteiger partial charge in [0.15, 0.2) is 0 Å². The average molecular weight is 208 g/mol. The van der Waals surface area contributed by atoms with Gasteiger partial charge in [-0.05, 0) is 17.8 Å². The van der Waals surface area contributed by atoms with Crippen LogP contribution in [0.3, 0.4) is 0 Å². The molecule has 0 aromatic carbocycles. The molecule has 0 fully saturated rings. The Balaban J connectivity index is 2.78. The normalized spacial score (nSPS) is 11.4. The van der Waals surface area contributed by atoms with Crippen molar-refractivity contribution in [3.05, 3.63) is 18.5 Å². The number of hydrogen-bond donors (Lipinski definition) is 0. The van der Waals surface area contributed by atoms with Crippen molar-refractivity contribution in [1.29, 1.82) is 0 Å². The molecule has 6 heteroatoms. The lowest BCUT2D eigenvalue weighted by Gasteiger charge is -2.05. The Bertz CT molecular complexity index is 289. The molecule has 0 aliphatic rings. The quantitative estimate of drug-likeness (QED) is 0.697. The van der Waals surface area contributed by atoms with Gasteiger partial charge in [-0.3, -0.25) is 0 Å². The van der Waals surface area contributed by atoms with E-state index in [1.807, 2.05) is 0 Å². The van der Waals surface area contributed by atoms with E-state index in [1.54, 1.807) is 0 Å². The Morgan fingerprint density at radius 1 is 1.54 bits per heavy atom. The van der Waals surface area contributed by atoms with E-state index in [4.69, 9.17) is 4.74 Å². The minimum Gasteiger partial charge on any atom is -0.495 e. The number of nitrogens with zero attached hydrogens (tertiary/aromatic N) is 1. The zero-order chi connectivity index (χ0) is 9.90. The Labute approximate surface area is 77.1 Å². The molecule has 1 aromatic rings.